The molecule has 0 aromatic heterocycles. The second-order valence-corrected chi connectivity index (χ2v) is 12.2. The van der Waals surface area contributed by atoms with E-state index in [1.165, 1.54) is 16.8 Å². The molecular weight excluding hydrogens is 464 g/mol. The minimum atomic E-state index is -3.90. The number of ether oxygens (including phenoxy) is 1. The number of likely N-dealkylation sites (N-methyl/N-ethyl adjacent to an activating group) is 1. The highest BCUT2D eigenvalue weighted by Gasteiger charge is 2.38. The van der Waals surface area contributed by atoms with Gasteiger partial charge in [0.1, 0.15) is 16.7 Å². The van der Waals surface area contributed by atoms with Crippen molar-refractivity contribution in [2.75, 3.05) is 26.7 Å². The second-order valence-electron chi connectivity index (χ2n) is 10.4. The summed E-state index contributed by atoms with van der Waals surface area (Å²) in [7, 11) is -2.09. The molecule has 1 amide bonds. The molecule has 0 unspecified atom stereocenters. The lowest BCUT2D eigenvalue weighted by molar-refractivity contribution is -0.136. The van der Waals surface area contributed by atoms with E-state index in [1.807, 2.05) is 27.8 Å². The van der Waals surface area contributed by atoms with E-state index in [0.717, 1.165) is 25.7 Å². The first kappa shape index (κ1) is 27.5. The zero-order valence-electron chi connectivity index (χ0n) is 21.7. The Bertz CT molecular complexity index is 1050. The van der Waals surface area contributed by atoms with Gasteiger partial charge in [0.05, 0.1) is 13.2 Å². The number of aliphatic hydroxyl groups is 1. The van der Waals surface area contributed by atoms with Gasteiger partial charge in [-0.15, -0.1) is 0 Å². The molecule has 1 fully saturated rings. The molecule has 35 heavy (non-hydrogen) atoms. The first-order chi connectivity index (χ1) is 16.5. The van der Waals surface area contributed by atoms with E-state index in [2.05, 4.69) is 11.8 Å². The zero-order valence-corrected chi connectivity index (χ0v) is 22.5. The Morgan fingerprint density at radius 3 is 2.54 bits per heavy atom. The van der Waals surface area contributed by atoms with Gasteiger partial charge >= 0.3 is 0 Å². The van der Waals surface area contributed by atoms with Gasteiger partial charge in [-0.3, -0.25) is 4.79 Å². The second kappa shape index (κ2) is 11.8. The molecule has 3 atom stereocenters. The van der Waals surface area contributed by atoms with Crippen LogP contribution < -0.4 is 4.74 Å². The third-order valence-corrected chi connectivity index (χ3v) is 8.98. The topological polar surface area (TPSA) is 87.2 Å². The van der Waals surface area contributed by atoms with Crippen LogP contribution in [0.3, 0.4) is 0 Å². The molecule has 8 heteroatoms. The van der Waals surface area contributed by atoms with E-state index in [0.29, 0.717) is 12.1 Å². The lowest BCUT2D eigenvalue weighted by Gasteiger charge is -2.38. The van der Waals surface area contributed by atoms with Gasteiger partial charge < -0.3 is 14.7 Å². The van der Waals surface area contributed by atoms with E-state index < -0.39 is 22.2 Å². The van der Waals surface area contributed by atoms with E-state index in [4.69, 9.17) is 4.74 Å². The maximum Gasteiger partial charge on any atom is 0.247 e. The molecular formula is C27H40N2O5S. The first-order valence-corrected chi connectivity index (χ1v) is 14.2. The normalized spacial score (nSPS) is 23.7. The predicted octanol–water partition coefficient (Wildman–Crippen LogP) is 3.50. The van der Waals surface area contributed by atoms with E-state index >= 15 is 0 Å². The summed E-state index contributed by atoms with van der Waals surface area (Å²) in [5, 5.41) is 9.80. The van der Waals surface area contributed by atoms with Crippen molar-refractivity contribution >= 4 is 15.9 Å². The summed E-state index contributed by atoms with van der Waals surface area (Å²) < 4.78 is 34.9. The van der Waals surface area contributed by atoms with Crippen LogP contribution in [0.15, 0.2) is 23.1 Å². The van der Waals surface area contributed by atoms with Crippen molar-refractivity contribution in [2.45, 2.75) is 76.8 Å². The summed E-state index contributed by atoms with van der Waals surface area (Å²) in [6, 6.07) is 4.32. The molecule has 0 saturated heterocycles. The number of rotatable bonds is 5. The van der Waals surface area contributed by atoms with Gasteiger partial charge in [-0.25, -0.2) is 8.42 Å². The Labute approximate surface area is 210 Å². The van der Waals surface area contributed by atoms with Gasteiger partial charge in [0.25, 0.3) is 0 Å². The summed E-state index contributed by atoms with van der Waals surface area (Å²) >= 11 is 0. The Morgan fingerprint density at radius 1 is 1.23 bits per heavy atom. The van der Waals surface area contributed by atoms with E-state index in [9.17, 15) is 18.3 Å². The molecule has 1 saturated carbocycles. The Hall–Kier alpha value is -2.08. The summed E-state index contributed by atoms with van der Waals surface area (Å²) in [6.07, 6.45) is 4.78. The predicted molar refractivity (Wildman–Crippen MR) is 136 cm³/mol. The SMILES string of the molecule is CC(C)C#Cc1ccc2c(c1)O[C@@H](CN(C)C(=O)C1CCCCC1)[C@@H](C)CN([C@H](C)CO)S2(=O)=O. The fourth-order valence-corrected chi connectivity index (χ4v) is 6.60. The number of fused-ring (bicyclic) bond motifs is 1. The van der Waals surface area contributed by atoms with Gasteiger partial charge in [-0.1, -0.05) is 51.9 Å². The van der Waals surface area contributed by atoms with E-state index in [-0.39, 0.29) is 47.5 Å². The molecule has 1 heterocycles. The molecule has 0 bridgehead atoms. The number of aliphatic hydroxyl groups excluding tert-OH is 1. The Morgan fingerprint density at radius 2 is 1.91 bits per heavy atom. The van der Waals surface area contributed by atoms with Crippen LogP contribution in [0, 0.1) is 29.6 Å². The number of carbonyl (C=O) groups is 1. The van der Waals surface area contributed by atoms with Crippen LogP contribution in [0.5, 0.6) is 5.75 Å². The summed E-state index contributed by atoms with van der Waals surface area (Å²) in [5.74, 6) is 6.58. The number of nitrogens with zero attached hydrogens (tertiary/aromatic N) is 2. The summed E-state index contributed by atoms with van der Waals surface area (Å²) in [4.78, 5) is 14.9. The average Bonchev–Trinajstić information content (AvgIpc) is 2.84. The molecule has 1 N–H and O–H groups in total. The number of hydrogen-bond acceptors (Lipinski definition) is 5. The fraction of sp³-hybridized carbons (Fsp3) is 0.667. The van der Waals surface area contributed by atoms with Crippen molar-refractivity contribution < 1.29 is 23.1 Å². The monoisotopic (exact) mass is 504 g/mol. The number of sulfonamides is 1. The molecule has 3 rings (SSSR count). The first-order valence-electron chi connectivity index (χ1n) is 12.7. The van der Waals surface area contributed by atoms with Crippen molar-refractivity contribution in [1.82, 2.24) is 9.21 Å². The third-order valence-electron chi connectivity index (χ3n) is 6.96. The molecule has 0 radical (unpaired) electrons. The van der Waals surface area contributed by atoms with Crippen molar-refractivity contribution in [3.63, 3.8) is 0 Å². The van der Waals surface area contributed by atoms with Crippen LogP contribution in [-0.4, -0.2) is 67.5 Å². The quantitative estimate of drug-likeness (QED) is 0.620. The number of amides is 1. The molecule has 7 nitrogen and oxygen atoms in total. The van der Waals surface area contributed by atoms with Gasteiger partial charge in [-0.05, 0) is 38.0 Å². The van der Waals surface area contributed by atoms with Gasteiger partial charge in [-0.2, -0.15) is 4.31 Å². The standard InChI is InChI=1S/C27H40N2O5S/c1-19(2)11-12-22-13-14-26-24(15-22)34-25(17-28(5)27(31)23-9-7-6-8-10-23)20(3)16-29(21(4)18-30)35(26,32)33/h13-15,19-21,23,25,30H,6-10,16-18H2,1-5H3/t20-,21+,25-/m0/s1. The summed E-state index contributed by atoms with van der Waals surface area (Å²) in [5.41, 5.74) is 0.674. The average molecular weight is 505 g/mol. The molecule has 1 aromatic rings. The van der Waals surface area contributed by atoms with E-state index in [1.54, 1.807) is 24.0 Å². The van der Waals surface area contributed by atoms with Crippen LogP contribution in [-0.2, 0) is 14.8 Å². The third kappa shape index (κ3) is 6.58. The van der Waals surface area contributed by atoms with Crippen molar-refractivity contribution in [1.29, 1.82) is 0 Å². The largest absolute Gasteiger partial charge is 0.487 e. The summed E-state index contributed by atoms with van der Waals surface area (Å²) in [6.45, 7) is 7.88. The minimum Gasteiger partial charge on any atom is -0.487 e. The molecule has 1 aliphatic heterocycles. The fourth-order valence-electron chi connectivity index (χ4n) is 4.77. The molecule has 2 aliphatic rings. The smallest absolute Gasteiger partial charge is 0.247 e. The van der Waals surface area contributed by atoms with Gasteiger partial charge in [0.2, 0.25) is 15.9 Å². The van der Waals surface area contributed by atoms with Crippen LogP contribution in [0.2, 0.25) is 0 Å². The van der Waals surface area contributed by atoms with Gasteiger partial charge in [0, 0.05) is 43.0 Å². The Balaban J connectivity index is 1.97. The molecule has 1 aliphatic carbocycles. The van der Waals surface area contributed by atoms with Gasteiger partial charge in [0.15, 0.2) is 0 Å². The van der Waals surface area contributed by atoms with Crippen molar-refractivity contribution in [2.24, 2.45) is 17.8 Å². The lowest BCUT2D eigenvalue weighted by atomic mass is 9.88. The van der Waals surface area contributed by atoms with Crippen LogP contribution in [0.25, 0.3) is 0 Å². The molecule has 1 aromatic carbocycles. The maximum atomic E-state index is 13.6. The lowest BCUT2D eigenvalue weighted by Crippen LogP contribution is -2.50. The van der Waals surface area contributed by atoms with Crippen LogP contribution in [0.4, 0.5) is 0 Å². The minimum absolute atomic E-state index is 0.0501. The highest BCUT2D eigenvalue weighted by Crippen LogP contribution is 2.34. The number of carbonyl (C=O) groups excluding carboxylic acids is 1. The van der Waals surface area contributed by atoms with Crippen LogP contribution in [0.1, 0.15) is 65.4 Å². The highest BCUT2D eigenvalue weighted by atomic mass is 32.2. The molecule has 194 valence electrons. The van der Waals surface area contributed by atoms with Crippen molar-refractivity contribution in [3.05, 3.63) is 23.8 Å². The maximum absolute atomic E-state index is 13.6. The Kier molecular flexibility index (Phi) is 9.25. The number of hydrogen-bond donors (Lipinski definition) is 1. The van der Waals surface area contributed by atoms with Crippen LogP contribution >= 0.6 is 0 Å². The molecule has 0 spiro atoms. The zero-order chi connectivity index (χ0) is 25.8. The number of benzene rings is 1. The highest BCUT2D eigenvalue weighted by molar-refractivity contribution is 7.89. The van der Waals surface area contributed by atoms with Crippen molar-refractivity contribution in [3.8, 4) is 17.6 Å².